The fourth-order valence-electron chi connectivity index (χ4n) is 7.22. The third-order valence-corrected chi connectivity index (χ3v) is 10.1. The third kappa shape index (κ3) is 8.17. The van der Waals surface area contributed by atoms with Crippen LogP contribution in [0.3, 0.4) is 0 Å². The molecule has 10 nitrogen and oxygen atoms in total. The standard InChI is InChI=1S/C38H44F3N3O7/c1-23-33(21-43-16-14-28-17-31(48-2)32(49-3)18-29(28)20-43)50-36(51-34(23)26-10-8-25(22-45)9-11-26)27-12-6-24(7-13-27)19-42-35(46)30-5-4-15-44(30)37(47)38(39,40)41/h6-13,17-18,23,30,33-34,36,45H,4-5,14-16,19-22H2,1-3H3,(H,42,46)/t23-,30+,33+,34+,36+/m1/s1. The lowest BCUT2D eigenvalue weighted by Gasteiger charge is -2.43. The third-order valence-electron chi connectivity index (χ3n) is 10.1. The van der Waals surface area contributed by atoms with Crippen molar-refractivity contribution in [3.8, 4) is 11.5 Å². The van der Waals surface area contributed by atoms with Crippen LogP contribution in [0.15, 0.2) is 60.7 Å². The van der Waals surface area contributed by atoms with Gasteiger partial charge in [0, 0.05) is 44.2 Å². The van der Waals surface area contributed by atoms with Gasteiger partial charge in [0.1, 0.15) is 6.04 Å². The van der Waals surface area contributed by atoms with E-state index in [9.17, 15) is 27.9 Å². The van der Waals surface area contributed by atoms with E-state index in [2.05, 4.69) is 23.2 Å². The fourth-order valence-corrected chi connectivity index (χ4v) is 7.22. The second-order valence-corrected chi connectivity index (χ2v) is 13.4. The van der Waals surface area contributed by atoms with Crippen molar-refractivity contribution in [1.82, 2.24) is 15.1 Å². The molecule has 3 heterocycles. The zero-order valence-electron chi connectivity index (χ0n) is 28.9. The van der Waals surface area contributed by atoms with Gasteiger partial charge in [0.05, 0.1) is 33.0 Å². The molecule has 3 aromatic rings. The van der Waals surface area contributed by atoms with E-state index in [1.807, 2.05) is 54.6 Å². The van der Waals surface area contributed by atoms with Gasteiger partial charge in [-0.1, -0.05) is 55.5 Å². The lowest BCUT2D eigenvalue weighted by molar-refractivity contribution is -0.276. The number of carbonyl (C=O) groups excluding carboxylic acids is 2. The van der Waals surface area contributed by atoms with Crippen molar-refractivity contribution in [2.45, 2.75) is 76.6 Å². The molecule has 2 saturated heterocycles. The Morgan fingerprint density at radius 3 is 2.22 bits per heavy atom. The molecule has 51 heavy (non-hydrogen) atoms. The smallest absolute Gasteiger partial charge is 0.471 e. The first-order valence-electron chi connectivity index (χ1n) is 17.2. The summed E-state index contributed by atoms with van der Waals surface area (Å²) in [6, 6.07) is 18.0. The molecule has 5 atom stereocenters. The summed E-state index contributed by atoms with van der Waals surface area (Å²) in [7, 11) is 3.27. The number of rotatable bonds is 10. The van der Waals surface area contributed by atoms with Gasteiger partial charge in [0.25, 0.3) is 0 Å². The molecular weight excluding hydrogens is 667 g/mol. The van der Waals surface area contributed by atoms with Gasteiger partial charge in [-0.25, -0.2) is 0 Å². The zero-order chi connectivity index (χ0) is 36.3. The van der Waals surface area contributed by atoms with Crippen molar-refractivity contribution in [2.75, 3.05) is 33.9 Å². The topological polar surface area (TPSA) is 110 Å². The van der Waals surface area contributed by atoms with Crippen molar-refractivity contribution in [3.63, 3.8) is 0 Å². The molecule has 2 amide bonds. The van der Waals surface area contributed by atoms with Crippen molar-refractivity contribution in [3.05, 3.63) is 94.0 Å². The van der Waals surface area contributed by atoms with E-state index < -0.39 is 30.3 Å². The second-order valence-electron chi connectivity index (χ2n) is 13.4. The van der Waals surface area contributed by atoms with Crippen LogP contribution in [0.1, 0.15) is 65.5 Å². The number of methoxy groups -OCH3 is 2. The molecule has 0 aliphatic carbocycles. The summed E-state index contributed by atoms with van der Waals surface area (Å²) in [6.45, 7) is 4.29. The number of nitrogens with one attached hydrogen (secondary N) is 1. The monoisotopic (exact) mass is 711 g/mol. The Morgan fingerprint density at radius 2 is 1.57 bits per heavy atom. The number of hydrogen-bond donors (Lipinski definition) is 2. The molecule has 6 rings (SSSR count). The van der Waals surface area contributed by atoms with E-state index in [1.54, 1.807) is 14.2 Å². The molecule has 0 spiro atoms. The molecule has 0 bridgehead atoms. The Labute approximate surface area is 295 Å². The number of fused-ring (bicyclic) bond motifs is 1. The highest BCUT2D eigenvalue weighted by Crippen LogP contribution is 2.42. The van der Waals surface area contributed by atoms with Crippen molar-refractivity contribution >= 4 is 11.8 Å². The maximum Gasteiger partial charge on any atom is 0.471 e. The molecular formula is C38H44F3N3O7. The molecule has 2 N–H and O–H groups in total. The Morgan fingerprint density at radius 1 is 0.922 bits per heavy atom. The van der Waals surface area contributed by atoms with Gasteiger partial charge in [-0.05, 0) is 59.2 Å². The lowest BCUT2D eigenvalue weighted by atomic mass is 9.89. The molecule has 0 saturated carbocycles. The van der Waals surface area contributed by atoms with Gasteiger partial charge in [0.2, 0.25) is 5.91 Å². The number of aliphatic hydroxyl groups excluding tert-OH is 1. The van der Waals surface area contributed by atoms with Crippen LogP contribution in [0.2, 0.25) is 0 Å². The summed E-state index contributed by atoms with van der Waals surface area (Å²) >= 11 is 0. The number of ether oxygens (including phenoxy) is 4. The van der Waals surface area contributed by atoms with E-state index in [1.165, 1.54) is 11.1 Å². The quantitative estimate of drug-likeness (QED) is 0.295. The number of alkyl halides is 3. The van der Waals surface area contributed by atoms with Crippen LogP contribution in [0.4, 0.5) is 13.2 Å². The summed E-state index contributed by atoms with van der Waals surface area (Å²) in [6.07, 6.45) is -4.84. The van der Waals surface area contributed by atoms with Gasteiger partial charge < -0.3 is 34.3 Å². The number of nitrogens with zero attached hydrogens (tertiary/aromatic N) is 2. The van der Waals surface area contributed by atoms with Crippen LogP contribution in [0.5, 0.6) is 11.5 Å². The molecule has 0 radical (unpaired) electrons. The number of benzene rings is 3. The Kier molecular flexibility index (Phi) is 11.2. The van der Waals surface area contributed by atoms with Gasteiger partial charge >= 0.3 is 12.1 Å². The molecule has 0 aromatic heterocycles. The van der Waals surface area contributed by atoms with Crippen LogP contribution < -0.4 is 14.8 Å². The molecule has 0 unspecified atom stereocenters. The molecule has 13 heteroatoms. The zero-order valence-corrected chi connectivity index (χ0v) is 28.9. The van der Waals surface area contributed by atoms with Gasteiger partial charge in [0.15, 0.2) is 17.8 Å². The SMILES string of the molecule is COc1cc2c(cc1OC)CN(C[C@@H]1O[C@H](c3ccc(CNC(=O)[C@@H]4CCCN4C(=O)C(F)(F)F)cc3)O[C@H](c3ccc(CO)cc3)[C@@H]1C)CC2. The minimum atomic E-state index is -5.03. The van der Waals surface area contributed by atoms with E-state index in [4.69, 9.17) is 18.9 Å². The highest BCUT2D eigenvalue weighted by Gasteiger charge is 2.47. The number of likely N-dealkylation sites (tertiary alicyclic amines) is 1. The normalized spacial score (nSPS) is 23.8. The van der Waals surface area contributed by atoms with Crippen LogP contribution in [-0.2, 0) is 45.2 Å². The summed E-state index contributed by atoms with van der Waals surface area (Å²) in [5, 5.41) is 12.3. The van der Waals surface area contributed by atoms with Crippen molar-refractivity contribution in [1.29, 1.82) is 0 Å². The Hall–Kier alpha value is -4.17. The second kappa shape index (κ2) is 15.6. The molecule has 3 aromatic carbocycles. The van der Waals surface area contributed by atoms with Crippen LogP contribution >= 0.6 is 0 Å². The lowest BCUT2D eigenvalue weighted by Crippen LogP contribution is -2.50. The number of hydrogen-bond acceptors (Lipinski definition) is 8. The molecule has 3 aliphatic heterocycles. The first-order valence-corrected chi connectivity index (χ1v) is 17.2. The minimum absolute atomic E-state index is 0.0121. The highest BCUT2D eigenvalue weighted by atomic mass is 19.4. The fraction of sp³-hybridized carbons (Fsp3) is 0.474. The molecule has 3 aliphatic rings. The number of aliphatic hydroxyl groups is 1. The Balaban J connectivity index is 1.15. The molecule has 274 valence electrons. The van der Waals surface area contributed by atoms with Gasteiger partial charge in [-0.2, -0.15) is 13.2 Å². The molecule has 2 fully saturated rings. The number of amides is 2. The van der Waals surface area contributed by atoms with Crippen LogP contribution in [0.25, 0.3) is 0 Å². The predicted octanol–water partition coefficient (Wildman–Crippen LogP) is 5.22. The first-order chi connectivity index (χ1) is 24.5. The maximum absolute atomic E-state index is 13.0. The predicted molar refractivity (Wildman–Crippen MR) is 181 cm³/mol. The van der Waals surface area contributed by atoms with Gasteiger partial charge in [-0.3, -0.25) is 14.5 Å². The summed E-state index contributed by atoms with van der Waals surface area (Å²) in [5.41, 5.74) is 5.70. The van der Waals surface area contributed by atoms with Crippen LogP contribution in [-0.4, -0.2) is 78.9 Å². The summed E-state index contributed by atoms with van der Waals surface area (Å²) in [4.78, 5) is 27.6. The summed E-state index contributed by atoms with van der Waals surface area (Å²) in [5.74, 6) is -1.20. The van der Waals surface area contributed by atoms with Crippen LogP contribution in [0, 0.1) is 5.92 Å². The minimum Gasteiger partial charge on any atom is -0.493 e. The average molecular weight is 712 g/mol. The number of halogens is 3. The Bertz CT molecular complexity index is 1690. The largest absolute Gasteiger partial charge is 0.493 e. The first kappa shape index (κ1) is 36.6. The summed E-state index contributed by atoms with van der Waals surface area (Å²) < 4.78 is 63.5. The number of carbonyl (C=O) groups is 2. The average Bonchev–Trinajstić information content (AvgIpc) is 3.64. The van der Waals surface area contributed by atoms with Crippen molar-refractivity contribution in [2.24, 2.45) is 5.92 Å². The maximum atomic E-state index is 13.0. The van der Waals surface area contributed by atoms with E-state index in [0.29, 0.717) is 23.6 Å². The van der Waals surface area contributed by atoms with Gasteiger partial charge in [-0.15, -0.1) is 0 Å². The van der Waals surface area contributed by atoms with Crippen molar-refractivity contribution < 1.29 is 46.8 Å². The van der Waals surface area contributed by atoms with E-state index in [0.717, 1.165) is 47.5 Å². The highest BCUT2D eigenvalue weighted by molar-refractivity contribution is 5.90. The van der Waals surface area contributed by atoms with E-state index in [-0.39, 0.29) is 44.2 Å². The van der Waals surface area contributed by atoms with E-state index >= 15 is 0 Å².